The Kier molecular flexibility index (Phi) is 6.69. The second kappa shape index (κ2) is 9.00. The maximum atomic E-state index is 11.9. The standard InChI is InChI=1S/C18H24N2O3/c1-14(2)8-10-23-16-6-3-5-15(11-16)20-18(21)13-19-12-17-7-4-9-22-17/h3-7,9,11,14,19H,8,10,12-13H2,1-2H3,(H,20,21). The molecule has 0 aliphatic carbocycles. The van der Waals surface area contributed by atoms with Gasteiger partial charge in [-0.2, -0.15) is 0 Å². The summed E-state index contributed by atoms with van der Waals surface area (Å²) in [6.07, 6.45) is 2.62. The molecule has 1 aromatic carbocycles. The molecule has 124 valence electrons. The molecule has 2 aromatic rings. The average molecular weight is 316 g/mol. The van der Waals surface area contributed by atoms with Crippen molar-refractivity contribution >= 4 is 11.6 Å². The van der Waals surface area contributed by atoms with Crippen molar-refractivity contribution in [2.75, 3.05) is 18.5 Å². The zero-order valence-electron chi connectivity index (χ0n) is 13.7. The number of benzene rings is 1. The Hall–Kier alpha value is -2.27. The summed E-state index contributed by atoms with van der Waals surface area (Å²) in [7, 11) is 0. The third-order valence-electron chi connectivity index (χ3n) is 3.25. The molecule has 0 bridgehead atoms. The van der Waals surface area contributed by atoms with E-state index in [-0.39, 0.29) is 12.5 Å². The Bertz CT molecular complexity index is 594. The van der Waals surface area contributed by atoms with Gasteiger partial charge in [0.2, 0.25) is 5.91 Å². The minimum Gasteiger partial charge on any atom is -0.494 e. The van der Waals surface area contributed by atoms with E-state index in [1.165, 1.54) is 0 Å². The van der Waals surface area contributed by atoms with Gasteiger partial charge >= 0.3 is 0 Å². The third-order valence-corrected chi connectivity index (χ3v) is 3.25. The molecule has 5 nitrogen and oxygen atoms in total. The molecule has 23 heavy (non-hydrogen) atoms. The number of ether oxygens (including phenoxy) is 1. The maximum absolute atomic E-state index is 11.9. The van der Waals surface area contributed by atoms with Gasteiger partial charge in [-0.3, -0.25) is 4.79 Å². The first-order chi connectivity index (χ1) is 11.1. The van der Waals surface area contributed by atoms with Gasteiger partial charge in [0.15, 0.2) is 0 Å². The summed E-state index contributed by atoms with van der Waals surface area (Å²) in [6, 6.07) is 11.1. The van der Waals surface area contributed by atoms with E-state index < -0.39 is 0 Å². The van der Waals surface area contributed by atoms with Crippen LogP contribution in [0.3, 0.4) is 0 Å². The Labute approximate surface area is 137 Å². The van der Waals surface area contributed by atoms with E-state index in [1.807, 2.05) is 36.4 Å². The van der Waals surface area contributed by atoms with Gasteiger partial charge in [0.1, 0.15) is 11.5 Å². The monoisotopic (exact) mass is 316 g/mol. The van der Waals surface area contributed by atoms with Crippen LogP contribution in [-0.4, -0.2) is 19.1 Å². The highest BCUT2D eigenvalue weighted by Gasteiger charge is 2.04. The van der Waals surface area contributed by atoms with Crippen LogP contribution >= 0.6 is 0 Å². The van der Waals surface area contributed by atoms with Gasteiger partial charge in [-0.1, -0.05) is 19.9 Å². The number of nitrogens with one attached hydrogen (secondary N) is 2. The first-order valence-electron chi connectivity index (χ1n) is 7.89. The second-order valence-electron chi connectivity index (χ2n) is 5.79. The van der Waals surface area contributed by atoms with Crippen LogP contribution in [0.4, 0.5) is 5.69 Å². The molecule has 0 radical (unpaired) electrons. The number of carbonyl (C=O) groups is 1. The van der Waals surface area contributed by atoms with Crippen LogP contribution in [-0.2, 0) is 11.3 Å². The summed E-state index contributed by atoms with van der Waals surface area (Å²) in [5.74, 6) is 2.08. The van der Waals surface area contributed by atoms with Crippen molar-refractivity contribution in [2.45, 2.75) is 26.8 Å². The van der Waals surface area contributed by atoms with Crippen molar-refractivity contribution in [2.24, 2.45) is 5.92 Å². The lowest BCUT2D eigenvalue weighted by molar-refractivity contribution is -0.115. The van der Waals surface area contributed by atoms with Crippen LogP contribution in [0.1, 0.15) is 26.0 Å². The number of carbonyl (C=O) groups excluding carboxylic acids is 1. The van der Waals surface area contributed by atoms with Gasteiger partial charge in [-0.15, -0.1) is 0 Å². The predicted molar refractivity (Wildman–Crippen MR) is 90.4 cm³/mol. The molecule has 0 unspecified atom stereocenters. The van der Waals surface area contributed by atoms with Gasteiger partial charge in [0.05, 0.1) is 26.0 Å². The molecule has 2 N–H and O–H groups in total. The van der Waals surface area contributed by atoms with Crippen LogP contribution < -0.4 is 15.4 Å². The highest BCUT2D eigenvalue weighted by molar-refractivity contribution is 5.92. The second-order valence-corrected chi connectivity index (χ2v) is 5.79. The number of hydrogen-bond acceptors (Lipinski definition) is 4. The van der Waals surface area contributed by atoms with Crippen molar-refractivity contribution in [3.63, 3.8) is 0 Å². The van der Waals surface area contributed by atoms with E-state index in [9.17, 15) is 4.79 Å². The van der Waals surface area contributed by atoms with Crippen molar-refractivity contribution in [1.29, 1.82) is 0 Å². The van der Waals surface area contributed by atoms with E-state index in [1.54, 1.807) is 6.26 Å². The Morgan fingerprint density at radius 1 is 1.26 bits per heavy atom. The summed E-state index contributed by atoms with van der Waals surface area (Å²) < 4.78 is 10.9. The molecule has 0 saturated carbocycles. The fraction of sp³-hybridized carbons (Fsp3) is 0.389. The lowest BCUT2D eigenvalue weighted by atomic mass is 10.1. The highest BCUT2D eigenvalue weighted by atomic mass is 16.5. The van der Waals surface area contributed by atoms with Crippen LogP contribution in [0, 0.1) is 5.92 Å². The van der Waals surface area contributed by atoms with Crippen molar-refractivity contribution in [1.82, 2.24) is 5.32 Å². The smallest absolute Gasteiger partial charge is 0.238 e. The minimum absolute atomic E-state index is 0.101. The molecule has 0 aliphatic rings. The number of rotatable bonds is 9. The molecule has 0 saturated heterocycles. The van der Waals surface area contributed by atoms with E-state index >= 15 is 0 Å². The molecule has 1 heterocycles. The largest absolute Gasteiger partial charge is 0.494 e. The number of furan rings is 1. The van der Waals surface area contributed by atoms with Gasteiger partial charge in [-0.25, -0.2) is 0 Å². The van der Waals surface area contributed by atoms with Crippen molar-refractivity contribution in [3.8, 4) is 5.75 Å². The lowest BCUT2D eigenvalue weighted by Crippen LogP contribution is -2.27. The molecule has 2 rings (SSSR count). The molecule has 0 atom stereocenters. The van der Waals surface area contributed by atoms with Crippen molar-refractivity contribution < 1.29 is 13.9 Å². The minimum atomic E-state index is -0.101. The maximum Gasteiger partial charge on any atom is 0.238 e. The van der Waals surface area contributed by atoms with Gasteiger partial charge in [0, 0.05) is 11.8 Å². The topological polar surface area (TPSA) is 63.5 Å². The number of hydrogen-bond donors (Lipinski definition) is 2. The number of anilines is 1. The quantitative estimate of drug-likeness (QED) is 0.744. The summed E-state index contributed by atoms with van der Waals surface area (Å²) in [5.41, 5.74) is 0.733. The van der Waals surface area contributed by atoms with Gasteiger partial charge in [-0.05, 0) is 36.6 Å². The summed E-state index contributed by atoms with van der Waals surface area (Å²) in [6.45, 7) is 5.75. The zero-order valence-corrected chi connectivity index (χ0v) is 13.7. The fourth-order valence-corrected chi connectivity index (χ4v) is 1.99. The Morgan fingerprint density at radius 3 is 2.87 bits per heavy atom. The van der Waals surface area contributed by atoms with E-state index in [4.69, 9.17) is 9.15 Å². The molecule has 1 aromatic heterocycles. The molecular formula is C18H24N2O3. The van der Waals surface area contributed by atoms with Crippen LogP contribution in [0.25, 0.3) is 0 Å². The Balaban J connectivity index is 1.74. The van der Waals surface area contributed by atoms with Crippen molar-refractivity contribution in [3.05, 3.63) is 48.4 Å². The zero-order chi connectivity index (χ0) is 16.5. The highest BCUT2D eigenvalue weighted by Crippen LogP contribution is 2.18. The summed E-state index contributed by atoms with van der Waals surface area (Å²) in [5, 5.41) is 5.88. The molecule has 0 aliphatic heterocycles. The molecule has 0 spiro atoms. The van der Waals surface area contributed by atoms with Gasteiger partial charge < -0.3 is 19.8 Å². The number of amides is 1. The van der Waals surface area contributed by atoms with Crippen LogP contribution in [0.15, 0.2) is 47.1 Å². The molecule has 5 heteroatoms. The van der Waals surface area contributed by atoms with Crippen LogP contribution in [0.5, 0.6) is 5.75 Å². The first kappa shape index (κ1) is 17.1. The predicted octanol–water partition coefficient (Wildman–Crippen LogP) is 3.43. The fourth-order valence-electron chi connectivity index (χ4n) is 1.99. The average Bonchev–Trinajstić information content (AvgIpc) is 3.00. The van der Waals surface area contributed by atoms with E-state index in [2.05, 4.69) is 24.5 Å². The van der Waals surface area contributed by atoms with Crippen LogP contribution in [0.2, 0.25) is 0 Å². The van der Waals surface area contributed by atoms with E-state index in [0.717, 1.165) is 23.6 Å². The summed E-state index contributed by atoms with van der Waals surface area (Å²) in [4.78, 5) is 11.9. The molecule has 0 fully saturated rings. The molecule has 1 amide bonds. The summed E-state index contributed by atoms with van der Waals surface area (Å²) >= 11 is 0. The van der Waals surface area contributed by atoms with E-state index in [0.29, 0.717) is 19.1 Å². The molecular weight excluding hydrogens is 292 g/mol. The van der Waals surface area contributed by atoms with Gasteiger partial charge in [0.25, 0.3) is 0 Å². The normalized spacial score (nSPS) is 10.7. The lowest BCUT2D eigenvalue weighted by Gasteiger charge is -2.10. The SMILES string of the molecule is CC(C)CCOc1cccc(NC(=O)CNCc2ccco2)c1. The third kappa shape index (κ3) is 6.57. The Morgan fingerprint density at radius 2 is 2.13 bits per heavy atom. The first-order valence-corrected chi connectivity index (χ1v) is 7.89.